The second-order valence-electron chi connectivity index (χ2n) is 6.79. The molecular weight excluding hydrogens is 362 g/mol. The molecule has 6 heteroatoms. The van der Waals surface area contributed by atoms with Gasteiger partial charge in [-0.3, -0.25) is 14.6 Å². The van der Waals surface area contributed by atoms with Gasteiger partial charge in [-0.15, -0.1) is 0 Å². The minimum Gasteiger partial charge on any atom is -0.492 e. The topological polar surface area (TPSA) is 44.8 Å². The Labute approximate surface area is 165 Å². The molecule has 0 spiro atoms. The van der Waals surface area contributed by atoms with Crippen molar-refractivity contribution < 1.29 is 9.53 Å². The summed E-state index contributed by atoms with van der Waals surface area (Å²) in [5.74, 6) is 0.923. The van der Waals surface area contributed by atoms with E-state index in [1.165, 1.54) is 0 Å². The normalized spacial score (nSPS) is 15.5. The number of carbonyl (C=O) groups is 1. The number of halogens is 1. The zero-order chi connectivity index (χ0) is 19.1. The molecule has 0 radical (unpaired) electrons. The van der Waals surface area contributed by atoms with Gasteiger partial charge in [-0.05, 0) is 42.8 Å². The van der Waals surface area contributed by atoms with E-state index in [0.717, 1.165) is 49.7 Å². The Morgan fingerprint density at radius 1 is 1.07 bits per heavy atom. The summed E-state index contributed by atoms with van der Waals surface area (Å²) in [6.07, 6.45) is 0. The molecule has 3 rings (SSSR count). The third-order valence-electron chi connectivity index (χ3n) is 4.71. The highest BCUT2D eigenvalue weighted by Gasteiger charge is 2.19. The van der Waals surface area contributed by atoms with E-state index in [-0.39, 0.29) is 5.91 Å². The Hall–Kier alpha value is -2.08. The van der Waals surface area contributed by atoms with Gasteiger partial charge >= 0.3 is 0 Å². The van der Waals surface area contributed by atoms with Gasteiger partial charge in [0.2, 0.25) is 5.91 Å². The summed E-state index contributed by atoms with van der Waals surface area (Å²) in [6.45, 7) is 7.61. The number of benzene rings is 2. The number of para-hydroxylation sites is 1. The molecular formula is C21H26ClN3O2. The lowest BCUT2D eigenvalue weighted by Crippen LogP contribution is -2.49. The Kier molecular flexibility index (Phi) is 7.10. The van der Waals surface area contributed by atoms with Crippen LogP contribution in [0.4, 0.5) is 5.69 Å². The molecule has 144 valence electrons. The summed E-state index contributed by atoms with van der Waals surface area (Å²) in [4.78, 5) is 16.9. The second kappa shape index (κ2) is 9.74. The maximum absolute atomic E-state index is 12.3. The average molecular weight is 388 g/mol. The molecule has 1 heterocycles. The van der Waals surface area contributed by atoms with E-state index in [1.54, 1.807) is 6.07 Å². The number of amides is 1. The molecule has 0 saturated carbocycles. The molecule has 1 aliphatic rings. The zero-order valence-corrected chi connectivity index (χ0v) is 16.4. The van der Waals surface area contributed by atoms with Crippen LogP contribution in [0.1, 0.15) is 5.56 Å². The first-order valence-corrected chi connectivity index (χ1v) is 9.66. The van der Waals surface area contributed by atoms with Gasteiger partial charge in [0.15, 0.2) is 0 Å². The molecule has 0 aliphatic carbocycles. The maximum Gasteiger partial charge on any atom is 0.238 e. The van der Waals surface area contributed by atoms with Crippen molar-refractivity contribution >= 4 is 23.2 Å². The number of hydrogen-bond donors (Lipinski definition) is 1. The molecule has 5 nitrogen and oxygen atoms in total. The van der Waals surface area contributed by atoms with Crippen molar-refractivity contribution in [2.75, 3.05) is 51.2 Å². The number of carbonyl (C=O) groups excluding carboxylic acids is 1. The van der Waals surface area contributed by atoms with Crippen LogP contribution in [0.5, 0.6) is 5.75 Å². The highest BCUT2D eigenvalue weighted by atomic mass is 35.5. The van der Waals surface area contributed by atoms with Gasteiger partial charge in [0.05, 0.1) is 6.54 Å². The molecule has 27 heavy (non-hydrogen) atoms. The molecule has 1 saturated heterocycles. The number of nitrogens with zero attached hydrogens (tertiary/aromatic N) is 2. The van der Waals surface area contributed by atoms with E-state index in [2.05, 4.69) is 15.1 Å². The summed E-state index contributed by atoms with van der Waals surface area (Å²) in [5.41, 5.74) is 1.79. The van der Waals surface area contributed by atoms with Crippen LogP contribution in [0.3, 0.4) is 0 Å². The predicted molar refractivity (Wildman–Crippen MR) is 110 cm³/mol. The first kappa shape index (κ1) is 19.7. The van der Waals surface area contributed by atoms with Gasteiger partial charge in [-0.25, -0.2) is 0 Å². The molecule has 1 N–H and O–H groups in total. The van der Waals surface area contributed by atoms with E-state index < -0.39 is 0 Å². The van der Waals surface area contributed by atoms with Crippen LogP contribution >= 0.6 is 11.6 Å². The van der Waals surface area contributed by atoms with E-state index in [0.29, 0.717) is 18.2 Å². The van der Waals surface area contributed by atoms with Crippen LogP contribution < -0.4 is 10.1 Å². The van der Waals surface area contributed by atoms with Crippen LogP contribution in [0.25, 0.3) is 0 Å². The van der Waals surface area contributed by atoms with Crippen molar-refractivity contribution in [1.82, 2.24) is 9.80 Å². The number of nitrogens with one attached hydrogen (secondary N) is 1. The second-order valence-corrected chi connectivity index (χ2v) is 7.22. The molecule has 2 aromatic rings. The van der Waals surface area contributed by atoms with Crippen molar-refractivity contribution in [3.8, 4) is 5.75 Å². The number of anilines is 1. The van der Waals surface area contributed by atoms with Crippen LogP contribution in [0.15, 0.2) is 48.5 Å². The van der Waals surface area contributed by atoms with Gasteiger partial charge in [0, 0.05) is 43.4 Å². The first-order chi connectivity index (χ1) is 13.1. The Balaban J connectivity index is 1.35. The van der Waals surface area contributed by atoms with Crippen LogP contribution in [-0.4, -0.2) is 61.6 Å². The monoisotopic (exact) mass is 387 g/mol. The summed E-state index contributed by atoms with van der Waals surface area (Å²) < 4.78 is 5.76. The quantitative estimate of drug-likeness (QED) is 0.791. The first-order valence-electron chi connectivity index (χ1n) is 9.29. The van der Waals surface area contributed by atoms with Gasteiger partial charge in [0.1, 0.15) is 12.4 Å². The van der Waals surface area contributed by atoms with E-state index in [4.69, 9.17) is 16.3 Å². The number of ether oxygens (including phenoxy) is 1. The Bertz CT molecular complexity index is 746. The van der Waals surface area contributed by atoms with Crippen molar-refractivity contribution in [2.24, 2.45) is 0 Å². The molecule has 0 aromatic heterocycles. The number of aryl methyl sites for hydroxylation is 1. The van der Waals surface area contributed by atoms with E-state index >= 15 is 0 Å². The summed E-state index contributed by atoms with van der Waals surface area (Å²) in [5, 5.41) is 3.65. The Morgan fingerprint density at radius 2 is 1.78 bits per heavy atom. The Morgan fingerprint density at radius 3 is 2.48 bits per heavy atom. The van der Waals surface area contributed by atoms with Crippen LogP contribution in [0.2, 0.25) is 5.02 Å². The van der Waals surface area contributed by atoms with E-state index in [1.807, 2.05) is 49.4 Å². The fraction of sp³-hybridized carbons (Fsp3) is 0.381. The number of piperazine rings is 1. The maximum atomic E-state index is 12.3. The third kappa shape index (κ3) is 6.24. The smallest absolute Gasteiger partial charge is 0.238 e. The van der Waals surface area contributed by atoms with E-state index in [9.17, 15) is 4.79 Å². The minimum absolute atomic E-state index is 0.0151. The lowest BCUT2D eigenvalue weighted by Gasteiger charge is -2.34. The lowest BCUT2D eigenvalue weighted by atomic mass is 10.2. The lowest BCUT2D eigenvalue weighted by molar-refractivity contribution is -0.117. The summed E-state index contributed by atoms with van der Waals surface area (Å²) in [7, 11) is 0. The average Bonchev–Trinajstić information content (AvgIpc) is 2.66. The fourth-order valence-corrected chi connectivity index (χ4v) is 3.37. The molecule has 0 atom stereocenters. The van der Waals surface area contributed by atoms with Crippen molar-refractivity contribution in [2.45, 2.75) is 6.92 Å². The molecule has 0 bridgehead atoms. The predicted octanol–water partition coefficient (Wildman–Crippen LogP) is 3.28. The van der Waals surface area contributed by atoms with Crippen LogP contribution in [0, 0.1) is 6.92 Å². The molecule has 1 aliphatic heterocycles. The highest BCUT2D eigenvalue weighted by molar-refractivity contribution is 6.30. The number of hydrogen-bond acceptors (Lipinski definition) is 4. The minimum atomic E-state index is 0.0151. The molecule has 0 unspecified atom stereocenters. The van der Waals surface area contributed by atoms with Gasteiger partial charge in [-0.2, -0.15) is 0 Å². The molecule has 1 amide bonds. The SMILES string of the molecule is Cc1cc(Cl)ccc1NC(=O)CN1CCN(CCOc2ccccc2)CC1. The summed E-state index contributed by atoms with van der Waals surface area (Å²) >= 11 is 5.96. The molecule has 2 aromatic carbocycles. The highest BCUT2D eigenvalue weighted by Crippen LogP contribution is 2.19. The van der Waals surface area contributed by atoms with Gasteiger partial charge in [-0.1, -0.05) is 29.8 Å². The zero-order valence-electron chi connectivity index (χ0n) is 15.7. The van der Waals surface area contributed by atoms with Crippen molar-refractivity contribution in [3.63, 3.8) is 0 Å². The van der Waals surface area contributed by atoms with Gasteiger partial charge in [0.25, 0.3) is 0 Å². The molecule has 1 fully saturated rings. The third-order valence-corrected chi connectivity index (χ3v) is 4.95. The standard InChI is InChI=1S/C21H26ClN3O2/c1-17-15-18(22)7-8-20(17)23-21(26)16-25-11-9-24(10-12-25)13-14-27-19-5-3-2-4-6-19/h2-8,15H,9-14,16H2,1H3,(H,23,26). The van der Waals surface area contributed by atoms with Crippen LogP contribution in [-0.2, 0) is 4.79 Å². The number of rotatable bonds is 7. The largest absolute Gasteiger partial charge is 0.492 e. The van der Waals surface area contributed by atoms with Gasteiger partial charge < -0.3 is 10.1 Å². The fourth-order valence-electron chi connectivity index (χ4n) is 3.14. The summed E-state index contributed by atoms with van der Waals surface area (Å²) in [6, 6.07) is 15.4. The van der Waals surface area contributed by atoms with Crippen molar-refractivity contribution in [3.05, 3.63) is 59.1 Å². The van der Waals surface area contributed by atoms with Crippen molar-refractivity contribution in [1.29, 1.82) is 0 Å².